The lowest BCUT2D eigenvalue weighted by Crippen LogP contribution is -2.30. The number of anilines is 6. The molecule has 51 heavy (non-hydrogen) atoms. The van der Waals surface area contributed by atoms with E-state index in [1.807, 2.05) is 6.20 Å². The zero-order chi connectivity index (χ0) is 34.4. The molecule has 9 rings (SSSR count). The summed E-state index contributed by atoms with van der Waals surface area (Å²) in [6.07, 6.45) is 6.30. The third-order valence-corrected chi connectivity index (χ3v) is 10.2. The molecular weight excluding hydrogens is 619 g/mol. The third kappa shape index (κ3) is 5.53. The highest BCUT2D eigenvalue weighted by molar-refractivity contribution is 5.93. The molecule has 3 nitrogen and oxygen atoms in total. The minimum absolute atomic E-state index is 0.152. The lowest BCUT2D eigenvalue weighted by Gasteiger charge is -2.42. The van der Waals surface area contributed by atoms with Gasteiger partial charge in [-0.05, 0) is 112 Å². The Bertz CT molecular complexity index is 2570. The van der Waals surface area contributed by atoms with Gasteiger partial charge in [0.15, 0.2) is 0 Å². The Labute approximate surface area is 299 Å². The van der Waals surface area contributed by atoms with E-state index in [-0.39, 0.29) is 5.41 Å². The molecule has 3 heteroatoms. The number of nitrogens with zero attached hydrogens (tertiary/aromatic N) is 3. The Morgan fingerprint density at radius 1 is 0.490 bits per heavy atom. The molecule has 7 aromatic carbocycles. The lowest BCUT2D eigenvalue weighted by atomic mass is 9.73. The SMILES string of the molecule is CC1(C)c2ccccc2N(c2ccccc2)c2ccc(/C=C/c3cc4ccc(N(c5ccccc5)c5ccc6ccccc6c5)cc4cn3)cc21. The van der Waals surface area contributed by atoms with Crippen LogP contribution >= 0.6 is 0 Å². The summed E-state index contributed by atoms with van der Waals surface area (Å²) in [6, 6.07) is 60.8. The molecule has 0 bridgehead atoms. The molecule has 0 radical (unpaired) electrons. The number of rotatable bonds is 6. The molecule has 244 valence electrons. The van der Waals surface area contributed by atoms with Crippen molar-refractivity contribution in [2.75, 3.05) is 9.80 Å². The number of fused-ring (bicyclic) bond motifs is 4. The topological polar surface area (TPSA) is 19.4 Å². The van der Waals surface area contributed by atoms with Crippen LogP contribution in [0, 0.1) is 0 Å². The summed E-state index contributed by atoms with van der Waals surface area (Å²) in [5, 5.41) is 4.70. The number of pyridine rings is 1. The molecule has 0 unspecified atom stereocenters. The van der Waals surface area contributed by atoms with E-state index >= 15 is 0 Å². The molecule has 1 aliphatic rings. The van der Waals surface area contributed by atoms with Gasteiger partial charge < -0.3 is 9.80 Å². The summed E-state index contributed by atoms with van der Waals surface area (Å²) in [5.74, 6) is 0. The predicted molar refractivity (Wildman–Crippen MR) is 216 cm³/mol. The number of hydrogen-bond acceptors (Lipinski definition) is 3. The summed E-state index contributed by atoms with van der Waals surface area (Å²) in [7, 11) is 0. The molecule has 0 aliphatic carbocycles. The van der Waals surface area contributed by atoms with Crippen molar-refractivity contribution in [2.24, 2.45) is 0 Å². The molecular formula is C48H37N3. The van der Waals surface area contributed by atoms with Crippen molar-refractivity contribution in [3.8, 4) is 0 Å². The Balaban J connectivity index is 1.04. The fourth-order valence-electron chi connectivity index (χ4n) is 7.58. The van der Waals surface area contributed by atoms with E-state index < -0.39 is 0 Å². The first-order valence-electron chi connectivity index (χ1n) is 17.5. The smallest absolute Gasteiger partial charge is 0.0636 e. The average molecular weight is 656 g/mol. The predicted octanol–water partition coefficient (Wildman–Crippen LogP) is 13.1. The molecule has 0 saturated carbocycles. The molecule has 1 aliphatic heterocycles. The van der Waals surface area contributed by atoms with Crippen LogP contribution in [-0.4, -0.2) is 4.98 Å². The summed E-state index contributed by atoms with van der Waals surface area (Å²) < 4.78 is 0. The zero-order valence-electron chi connectivity index (χ0n) is 28.7. The van der Waals surface area contributed by atoms with Gasteiger partial charge in [-0.1, -0.05) is 117 Å². The van der Waals surface area contributed by atoms with Gasteiger partial charge >= 0.3 is 0 Å². The summed E-state index contributed by atoms with van der Waals surface area (Å²) in [6.45, 7) is 4.66. The Kier molecular flexibility index (Phi) is 7.48. The van der Waals surface area contributed by atoms with E-state index in [0.717, 1.165) is 44.8 Å². The van der Waals surface area contributed by atoms with Gasteiger partial charge in [0.2, 0.25) is 0 Å². The third-order valence-electron chi connectivity index (χ3n) is 10.2. The molecule has 8 aromatic rings. The first-order valence-corrected chi connectivity index (χ1v) is 17.5. The van der Waals surface area contributed by atoms with Gasteiger partial charge in [-0.25, -0.2) is 0 Å². The number of benzene rings is 7. The van der Waals surface area contributed by atoms with Crippen molar-refractivity contribution in [3.63, 3.8) is 0 Å². The maximum atomic E-state index is 4.89. The van der Waals surface area contributed by atoms with Crippen LogP contribution in [0.25, 0.3) is 33.7 Å². The molecule has 1 aromatic heterocycles. The molecule has 0 amide bonds. The fourth-order valence-corrected chi connectivity index (χ4v) is 7.58. The number of hydrogen-bond donors (Lipinski definition) is 0. The Morgan fingerprint density at radius 2 is 1.12 bits per heavy atom. The highest BCUT2D eigenvalue weighted by Crippen LogP contribution is 2.52. The number of aromatic nitrogens is 1. The van der Waals surface area contributed by atoms with Gasteiger partial charge in [0, 0.05) is 39.7 Å². The van der Waals surface area contributed by atoms with Crippen LogP contribution in [0.3, 0.4) is 0 Å². The van der Waals surface area contributed by atoms with Gasteiger partial charge in [-0.2, -0.15) is 0 Å². The van der Waals surface area contributed by atoms with Crippen LogP contribution < -0.4 is 9.80 Å². The zero-order valence-corrected chi connectivity index (χ0v) is 28.7. The second-order valence-corrected chi connectivity index (χ2v) is 13.8. The quantitative estimate of drug-likeness (QED) is 0.178. The second kappa shape index (κ2) is 12.5. The van der Waals surface area contributed by atoms with E-state index in [2.05, 4.69) is 206 Å². The maximum absolute atomic E-state index is 4.89. The van der Waals surface area contributed by atoms with E-state index in [9.17, 15) is 0 Å². The average Bonchev–Trinajstić information content (AvgIpc) is 3.18. The van der Waals surface area contributed by atoms with Gasteiger partial charge in [0.25, 0.3) is 0 Å². The standard InChI is InChI=1S/C48H37N3/c1-48(2)44-19-11-12-20-46(44)51(41-17-7-4-8-18-41)47-28-22-34(29-45(47)48)21-25-39-30-37-24-27-43(32-38(37)33-49-39)50(40-15-5-3-6-16-40)42-26-23-35-13-9-10-14-36(35)31-42/h3-33H,1-2H3/b25-21+. The summed E-state index contributed by atoms with van der Waals surface area (Å²) in [4.78, 5) is 9.60. The van der Waals surface area contributed by atoms with Crippen molar-refractivity contribution >= 4 is 67.8 Å². The molecule has 0 atom stereocenters. The van der Waals surface area contributed by atoms with Gasteiger partial charge in [-0.3, -0.25) is 4.98 Å². The Hall–Kier alpha value is -6.45. The van der Waals surface area contributed by atoms with Crippen molar-refractivity contribution in [1.82, 2.24) is 4.98 Å². The summed E-state index contributed by atoms with van der Waals surface area (Å²) >= 11 is 0. The normalized spacial score (nSPS) is 13.3. The van der Waals surface area contributed by atoms with Crippen LogP contribution in [0.2, 0.25) is 0 Å². The highest BCUT2D eigenvalue weighted by atomic mass is 15.2. The fraction of sp³-hybridized carbons (Fsp3) is 0.0625. The molecule has 0 spiro atoms. The molecule has 0 saturated heterocycles. The van der Waals surface area contributed by atoms with Crippen LogP contribution in [0.15, 0.2) is 176 Å². The second-order valence-electron chi connectivity index (χ2n) is 13.8. The van der Waals surface area contributed by atoms with Crippen molar-refractivity contribution in [1.29, 1.82) is 0 Å². The maximum Gasteiger partial charge on any atom is 0.0636 e. The Morgan fingerprint density at radius 3 is 1.92 bits per heavy atom. The van der Waals surface area contributed by atoms with Gasteiger partial charge in [0.1, 0.15) is 0 Å². The van der Waals surface area contributed by atoms with E-state index in [1.165, 1.54) is 33.3 Å². The number of para-hydroxylation sites is 3. The van der Waals surface area contributed by atoms with Gasteiger partial charge in [0.05, 0.1) is 17.1 Å². The molecule has 0 N–H and O–H groups in total. The van der Waals surface area contributed by atoms with Crippen LogP contribution in [0.4, 0.5) is 34.1 Å². The van der Waals surface area contributed by atoms with Crippen molar-refractivity contribution < 1.29 is 0 Å². The minimum atomic E-state index is -0.152. The summed E-state index contributed by atoms with van der Waals surface area (Å²) in [5.41, 5.74) is 11.5. The molecule has 0 fully saturated rings. The first kappa shape index (κ1) is 30.6. The van der Waals surface area contributed by atoms with E-state index in [4.69, 9.17) is 4.98 Å². The van der Waals surface area contributed by atoms with Gasteiger partial charge in [-0.15, -0.1) is 0 Å². The van der Waals surface area contributed by atoms with Crippen LogP contribution in [-0.2, 0) is 5.41 Å². The lowest BCUT2D eigenvalue weighted by molar-refractivity contribution is 0.631. The van der Waals surface area contributed by atoms with Crippen molar-refractivity contribution in [3.05, 3.63) is 198 Å². The monoisotopic (exact) mass is 655 g/mol. The molecule has 2 heterocycles. The van der Waals surface area contributed by atoms with E-state index in [0.29, 0.717) is 0 Å². The first-order chi connectivity index (χ1) is 25.0. The highest BCUT2D eigenvalue weighted by Gasteiger charge is 2.36. The minimum Gasteiger partial charge on any atom is -0.310 e. The largest absolute Gasteiger partial charge is 0.310 e. The van der Waals surface area contributed by atoms with E-state index in [1.54, 1.807) is 0 Å². The van der Waals surface area contributed by atoms with Crippen molar-refractivity contribution in [2.45, 2.75) is 19.3 Å². The van der Waals surface area contributed by atoms with Crippen LogP contribution in [0.5, 0.6) is 0 Å². The van der Waals surface area contributed by atoms with Crippen LogP contribution in [0.1, 0.15) is 36.2 Å².